The second-order valence-electron chi connectivity index (χ2n) is 3.74. The average Bonchev–Trinajstić information content (AvgIpc) is 2.35. The summed E-state index contributed by atoms with van der Waals surface area (Å²) in [5, 5.41) is 0. The van der Waals surface area contributed by atoms with E-state index in [0.717, 1.165) is 0 Å². The summed E-state index contributed by atoms with van der Waals surface area (Å²) in [6, 6.07) is 4.26. The van der Waals surface area contributed by atoms with Gasteiger partial charge in [-0.25, -0.2) is 8.42 Å². The van der Waals surface area contributed by atoms with Crippen LogP contribution in [0.4, 0.5) is 5.69 Å². The quantitative estimate of drug-likeness (QED) is 0.739. The van der Waals surface area contributed by atoms with Crippen LogP contribution >= 0.6 is 11.6 Å². The van der Waals surface area contributed by atoms with Gasteiger partial charge in [0.15, 0.2) is 0 Å². The van der Waals surface area contributed by atoms with Gasteiger partial charge in [-0.15, -0.1) is 11.6 Å². The van der Waals surface area contributed by atoms with Gasteiger partial charge in [0.05, 0.1) is 18.6 Å². The van der Waals surface area contributed by atoms with Crippen LogP contribution in [0.5, 0.6) is 5.75 Å². The van der Waals surface area contributed by atoms with E-state index in [0.29, 0.717) is 12.2 Å². The van der Waals surface area contributed by atoms with Gasteiger partial charge in [-0.2, -0.15) is 0 Å². The monoisotopic (exact) mass is 306 g/mol. The Morgan fingerprint density at radius 2 is 2.16 bits per heavy atom. The van der Waals surface area contributed by atoms with Crippen LogP contribution in [0.15, 0.2) is 18.2 Å². The fraction of sp³-hybridized carbons (Fsp3) is 0.364. The number of anilines is 1. The number of alkyl halides is 1. The minimum Gasteiger partial charge on any atom is -0.495 e. The van der Waals surface area contributed by atoms with Crippen molar-refractivity contribution < 1.29 is 17.9 Å². The summed E-state index contributed by atoms with van der Waals surface area (Å²) >= 11 is 5.46. The third-order valence-corrected chi connectivity index (χ3v) is 3.92. The molecule has 0 aliphatic carbocycles. The third-order valence-electron chi connectivity index (χ3n) is 2.30. The van der Waals surface area contributed by atoms with Crippen LogP contribution in [-0.2, 0) is 10.0 Å². The first kappa shape index (κ1) is 15.6. The normalized spacial score (nSPS) is 11.1. The number of sulfonamides is 1. The molecule has 0 saturated heterocycles. The smallest absolute Gasteiger partial charge is 0.248 e. The van der Waals surface area contributed by atoms with Crippen molar-refractivity contribution in [2.45, 2.75) is 6.42 Å². The number of carbonyl (C=O) groups is 1. The van der Waals surface area contributed by atoms with Crippen molar-refractivity contribution in [3.8, 4) is 5.75 Å². The Labute approximate surface area is 116 Å². The molecule has 0 radical (unpaired) electrons. The lowest BCUT2D eigenvalue weighted by molar-refractivity contribution is 0.100. The number of methoxy groups -OCH3 is 1. The topological polar surface area (TPSA) is 98.5 Å². The number of halogens is 1. The molecule has 8 heteroatoms. The predicted octanol–water partition coefficient (Wildman–Crippen LogP) is 1.16. The third kappa shape index (κ3) is 4.60. The van der Waals surface area contributed by atoms with Gasteiger partial charge in [-0.1, -0.05) is 0 Å². The van der Waals surface area contributed by atoms with Gasteiger partial charge >= 0.3 is 0 Å². The molecule has 0 aliphatic rings. The summed E-state index contributed by atoms with van der Waals surface area (Å²) in [4.78, 5) is 11.1. The SMILES string of the molecule is COc1ccc(C(N)=O)cc1NS(=O)(=O)CCCCl. The fourth-order valence-electron chi connectivity index (χ4n) is 1.40. The summed E-state index contributed by atoms with van der Waals surface area (Å²) in [5.74, 6) is -0.205. The molecule has 0 heterocycles. The Morgan fingerprint density at radius 1 is 1.47 bits per heavy atom. The lowest BCUT2D eigenvalue weighted by atomic mass is 10.2. The molecule has 1 aromatic carbocycles. The summed E-state index contributed by atoms with van der Waals surface area (Å²) < 4.78 is 30.9. The molecule has 1 aromatic rings. The van der Waals surface area contributed by atoms with Crippen LogP contribution in [0, 0.1) is 0 Å². The Morgan fingerprint density at radius 3 is 2.68 bits per heavy atom. The lowest BCUT2D eigenvalue weighted by Gasteiger charge is -2.12. The Bertz CT molecular complexity index is 560. The molecule has 0 aliphatic heterocycles. The van der Waals surface area contributed by atoms with Gasteiger partial charge in [0.25, 0.3) is 0 Å². The number of ether oxygens (including phenoxy) is 1. The van der Waals surface area contributed by atoms with E-state index in [1.807, 2.05) is 0 Å². The maximum absolute atomic E-state index is 11.8. The average molecular weight is 307 g/mol. The molecule has 0 saturated carbocycles. The van der Waals surface area contributed by atoms with Crippen molar-refractivity contribution in [2.24, 2.45) is 5.73 Å². The summed E-state index contributed by atoms with van der Waals surface area (Å²) in [6.45, 7) is 0. The van der Waals surface area contributed by atoms with Crippen LogP contribution in [-0.4, -0.2) is 33.1 Å². The number of benzene rings is 1. The minimum atomic E-state index is -3.54. The van der Waals surface area contributed by atoms with Gasteiger partial charge in [-0.3, -0.25) is 9.52 Å². The van der Waals surface area contributed by atoms with E-state index in [-0.39, 0.29) is 22.9 Å². The minimum absolute atomic E-state index is 0.111. The highest BCUT2D eigenvalue weighted by Gasteiger charge is 2.14. The molecular formula is C11H15ClN2O4S. The number of nitrogens with two attached hydrogens (primary N) is 1. The van der Waals surface area contributed by atoms with Crippen molar-refractivity contribution in [2.75, 3.05) is 23.5 Å². The molecular weight excluding hydrogens is 292 g/mol. The Hall–Kier alpha value is -1.47. The molecule has 0 atom stereocenters. The molecule has 6 nitrogen and oxygen atoms in total. The molecule has 0 fully saturated rings. The Kier molecular flexibility index (Phi) is 5.44. The molecule has 0 unspecified atom stereocenters. The molecule has 0 bridgehead atoms. The number of amides is 1. The van der Waals surface area contributed by atoms with E-state index in [1.165, 1.54) is 25.3 Å². The fourth-order valence-corrected chi connectivity index (χ4v) is 2.82. The first-order valence-corrected chi connectivity index (χ1v) is 7.62. The van der Waals surface area contributed by atoms with Crippen LogP contribution in [0.25, 0.3) is 0 Å². The van der Waals surface area contributed by atoms with E-state index >= 15 is 0 Å². The summed E-state index contributed by atoms with van der Waals surface area (Å²) in [6.07, 6.45) is 0.328. The number of carbonyl (C=O) groups excluding carboxylic acids is 1. The van der Waals surface area contributed by atoms with E-state index in [9.17, 15) is 13.2 Å². The number of nitrogens with one attached hydrogen (secondary N) is 1. The molecule has 1 amide bonds. The van der Waals surface area contributed by atoms with Crippen molar-refractivity contribution in [3.63, 3.8) is 0 Å². The number of hydrogen-bond acceptors (Lipinski definition) is 4. The van der Waals surface area contributed by atoms with E-state index in [4.69, 9.17) is 22.1 Å². The first-order valence-electron chi connectivity index (χ1n) is 5.44. The number of rotatable bonds is 7. The van der Waals surface area contributed by atoms with Gasteiger partial charge in [0.1, 0.15) is 5.75 Å². The van der Waals surface area contributed by atoms with Gasteiger partial charge < -0.3 is 10.5 Å². The van der Waals surface area contributed by atoms with Gasteiger partial charge in [0.2, 0.25) is 15.9 Å². The Balaban J connectivity index is 3.04. The highest BCUT2D eigenvalue weighted by Crippen LogP contribution is 2.26. The van der Waals surface area contributed by atoms with Crippen molar-refractivity contribution in [1.82, 2.24) is 0 Å². The van der Waals surface area contributed by atoms with Crippen LogP contribution in [0.2, 0.25) is 0 Å². The highest BCUT2D eigenvalue weighted by molar-refractivity contribution is 7.92. The van der Waals surface area contributed by atoms with Crippen molar-refractivity contribution in [1.29, 1.82) is 0 Å². The summed E-state index contributed by atoms with van der Waals surface area (Å²) in [7, 11) is -2.14. The molecule has 1 rings (SSSR count). The van der Waals surface area contributed by atoms with Gasteiger partial charge in [-0.05, 0) is 24.6 Å². The molecule has 0 spiro atoms. The number of primary amides is 1. The van der Waals surface area contributed by atoms with E-state index in [1.54, 1.807) is 0 Å². The van der Waals surface area contributed by atoms with Crippen LogP contribution < -0.4 is 15.2 Å². The standard InChI is InChI=1S/C11H15ClN2O4S/c1-18-10-4-3-8(11(13)15)7-9(10)14-19(16,17)6-2-5-12/h3-4,7,14H,2,5-6H2,1H3,(H2,13,15). The first-order chi connectivity index (χ1) is 8.89. The van der Waals surface area contributed by atoms with E-state index < -0.39 is 15.9 Å². The predicted molar refractivity (Wildman–Crippen MR) is 74.3 cm³/mol. The highest BCUT2D eigenvalue weighted by atomic mass is 35.5. The van der Waals surface area contributed by atoms with Crippen molar-refractivity contribution in [3.05, 3.63) is 23.8 Å². The molecule has 0 aromatic heterocycles. The zero-order valence-electron chi connectivity index (χ0n) is 10.3. The second kappa shape index (κ2) is 6.63. The van der Waals surface area contributed by atoms with Crippen LogP contribution in [0.3, 0.4) is 0 Å². The second-order valence-corrected chi connectivity index (χ2v) is 5.96. The van der Waals surface area contributed by atoms with Crippen molar-refractivity contribution >= 4 is 33.2 Å². The lowest BCUT2D eigenvalue weighted by Crippen LogP contribution is -2.18. The van der Waals surface area contributed by atoms with Gasteiger partial charge in [0, 0.05) is 11.4 Å². The molecule has 19 heavy (non-hydrogen) atoms. The zero-order chi connectivity index (χ0) is 14.5. The van der Waals surface area contributed by atoms with E-state index in [2.05, 4.69) is 4.72 Å². The zero-order valence-corrected chi connectivity index (χ0v) is 11.9. The number of hydrogen-bond donors (Lipinski definition) is 2. The summed E-state index contributed by atoms with van der Waals surface area (Å²) in [5.41, 5.74) is 5.51. The molecule has 106 valence electrons. The maximum Gasteiger partial charge on any atom is 0.248 e. The largest absolute Gasteiger partial charge is 0.495 e. The molecule has 3 N–H and O–H groups in total. The van der Waals surface area contributed by atoms with Crippen LogP contribution in [0.1, 0.15) is 16.8 Å². The maximum atomic E-state index is 11.8.